The number of rotatable bonds is 2. The number of furan rings is 1. The molecule has 0 atom stereocenters. The number of para-hydroxylation sites is 2. The van der Waals surface area contributed by atoms with Crippen LogP contribution in [0, 0.1) is 22.7 Å². The van der Waals surface area contributed by atoms with Gasteiger partial charge in [0.1, 0.15) is 6.07 Å². The van der Waals surface area contributed by atoms with Crippen molar-refractivity contribution in [3.05, 3.63) is 71.8 Å². The summed E-state index contributed by atoms with van der Waals surface area (Å²) in [6.07, 6.45) is 0. The summed E-state index contributed by atoms with van der Waals surface area (Å²) < 4.78 is 8.05. The Morgan fingerprint density at radius 1 is 0.800 bits per heavy atom. The van der Waals surface area contributed by atoms with Gasteiger partial charge in [-0.25, -0.2) is 0 Å². The van der Waals surface area contributed by atoms with Gasteiger partial charge in [0, 0.05) is 10.8 Å². The monoisotopic (exact) mass is 435 g/mol. The molecule has 4 aromatic rings. The summed E-state index contributed by atoms with van der Waals surface area (Å²) in [5, 5.41) is 20.2. The van der Waals surface area contributed by atoms with Gasteiger partial charge in [-0.05, 0) is 36.4 Å². The number of nitrogens with zero attached hydrogens (tertiary/aromatic N) is 3. The van der Waals surface area contributed by atoms with Crippen LogP contribution in [-0.4, -0.2) is 0 Å². The number of benzene rings is 3. The van der Waals surface area contributed by atoms with Gasteiger partial charge in [0.25, 0.3) is 0 Å². The second kappa shape index (κ2) is 6.12. The molecule has 0 spiro atoms. The maximum atomic E-state index is 9.32. The summed E-state index contributed by atoms with van der Waals surface area (Å²) in [5.41, 5.74) is 4.32. The topological polar surface area (TPSA) is 64.0 Å². The molecule has 0 fully saturated rings. The van der Waals surface area contributed by atoms with Crippen LogP contribution in [0.5, 0.6) is 0 Å². The minimum atomic E-state index is 0.526. The standard InChI is InChI=1S/C20H10IN3O/c21-24(15-9-7-13(11-22)8-10-15)18-6-2-5-17-16-4-1-3-14(12-23)19(16)25-20(17)18/h1-10H. The van der Waals surface area contributed by atoms with E-state index in [1.165, 1.54) is 0 Å². The van der Waals surface area contributed by atoms with E-state index in [9.17, 15) is 5.26 Å². The smallest absolute Gasteiger partial charge is 0.159 e. The minimum Gasteiger partial charge on any atom is -0.452 e. The van der Waals surface area contributed by atoms with Crippen LogP contribution in [0.15, 0.2) is 65.1 Å². The van der Waals surface area contributed by atoms with Gasteiger partial charge in [-0.2, -0.15) is 10.5 Å². The van der Waals surface area contributed by atoms with E-state index in [1.807, 2.05) is 45.6 Å². The second-order valence-electron chi connectivity index (χ2n) is 5.49. The predicted molar refractivity (Wildman–Crippen MR) is 106 cm³/mol. The zero-order valence-electron chi connectivity index (χ0n) is 12.9. The van der Waals surface area contributed by atoms with Crippen molar-refractivity contribution >= 4 is 56.2 Å². The van der Waals surface area contributed by atoms with Gasteiger partial charge in [0.2, 0.25) is 0 Å². The Bertz CT molecular complexity index is 1180. The van der Waals surface area contributed by atoms with Gasteiger partial charge < -0.3 is 4.42 Å². The number of hydrogen-bond acceptors (Lipinski definition) is 4. The molecule has 0 aliphatic rings. The molecular weight excluding hydrogens is 425 g/mol. The van der Waals surface area contributed by atoms with Gasteiger partial charge in [0.15, 0.2) is 11.2 Å². The van der Waals surface area contributed by atoms with E-state index < -0.39 is 0 Å². The van der Waals surface area contributed by atoms with Gasteiger partial charge in [0.05, 0.1) is 51.4 Å². The molecular formula is C20H10IN3O. The van der Waals surface area contributed by atoms with E-state index in [1.54, 1.807) is 18.2 Å². The van der Waals surface area contributed by atoms with Crippen LogP contribution in [0.1, 0.15) is 11.1 Å². The van der Waals surface area contributed by atoms with Gasteiger partial charge in [-0.15, -0.1) is 0 Å². The lowest BCUT2D eigenvalue weighted by Crippen LogP contribution is -2.00. The highest BCUT2D eigenvalue weighted by Gasteiger charge is 2.17. The quantitative estimate of drug-likeness (QED) is 0.294. The number of nitriles is 2. The van der Waals surface area contributed by atoms with Crippen LogP contribution in [0.4, 0.5) is 11.4 Å². The van der Waals surface area contributed by atoms with E-state index in [-0.39, 0.29) is 0 Å². The van der Waals surface area contributed by atoms with Crippen molar-refractivity contribution < 1.29 is 4.42 Å². The molecule has 3 aromatic carbocycles. The molecule has 0 saturated carbocycles. The summed E-state index contributed by atoms with van der Waals surface area (Å²) in [5.74, 6) is 0. The van der Waals surface area contributed by atoms with Crippen molar-refractivity contribution in [2.75, 3.05) is 3.11 Å². The van der Waals surface area contributed by atoms with Gasteiger partial charge in [-0.1, -0.05) is 24.3 Å². The molecule has 0 unspecified atom stereocenters. The molecule has 1 heterocycles. The first kappa shape index (κ1) is 15.5. The first-order valence-corrected chi connectivity index (χ1v) is 8.50. The summed E-state index contributed by atoms with van der Waals surface area (Å²) in [6, 6.07) is 23.2. The maximum Gasteiger partial charge on any atom is 0.159 e. The Balaban J connectivity index is 1.92. The molecule has 0 amide bonds. The zero-order valence-corrected chi connectivity index (χ0v) is 15.1. The van der Waals surface area contributed by atoms with Gasteiger partial charge in [-0.3, -0.25) is 3.11 Å². The van der Waals surface area contributed by atoms with Crippen molar-refractivity contribution in [1.82, 2.24) is 0 Å². The highest BCUT2D eigenvalue weighted by molar-refractivity contribution is 14.1. The number of halogens is 1. The predicted octanol–water partition coefficient (Wildman–Crippen LogP) is 5.82. The van der Waals surface area contributed by atoms with Crippen molar-refractivity contribution in [2.24, 2.45) is 0 Å². The molecule has 0 saturated heterocycles. The van der Waals surface area contributed by atoms with E-state index in [2.05, 4.69) is 35.0 Å². The molecule has 0 aliphatic carbocycles. The third kappa shape index (κ3) is 2.50. The highest BCUT2D eigenvalue weighted by atomic mass is 127. The van der Waals surface area contributed by atoms with Gasteiger partial charge >= 0.3 is 0 Å². The molecule has 0 N–H and O–H groups in total. The third-order valence-electron chi connectivity index (χ3n) is 4.06. The fraction of sp³-hybridized carbons (Fsp3) is 0. The third-order valence-corrected chi connectivity index (χ3v) is 5.14. The average molecular weight is 435 g/mol. The lowest BCUT2D eigenvalue weighted by molar-refractivity contribution is 0.668. The van der Waals surface area contributed by atoms with Crippen LogP contribution in [0.3, 0.4) is 0 Å². The van der Waals surface area contributed by atoms with Crippen LogP contribution in [0.2, 0.25) is 0 Å². The Hall–Kier alpha value is -3.03. The van der Waals surface area contributed by atoms with Crippen LogP contribution in [-0.2, 0) is 0 Å². The molecule has 0 aliphatic heterocycles. The minimum absolute atomic E-state index is 0.526. The van der Waals surface area contributed by atoms with E-state index in [4.69, 9.17) is 9.68 Å². The maximum absolute atomic E-state index is 9.32. The first-order valence-electron chi connectivity index (χ1n) is 7.53. The number of hydrogen-bond donors (Lipinski definition) is 0. The van der Waals surface area contributed by atoms with Crippen molar-refractivity contribution in [2.45, 2.75) is 0 Å². The first-order chi connectivity index (χ1) is 12.2. The lowest BCUT2D eigenvalue weighted by Gasteiger charge is -2.16. The summed E-state index contributed by atoms with van der Waals surface area (Å²) in [7, 11) is 0. The summed E-state index contributed by atoms with van der Waals surface area (Å²) in [4.78, 5) is 0. The highest BCUT2D eigenvalue weighted by Crippen LogP contribution is 2.40. The van der Waals surface area contributed by atoms with E-state index in [0.29, 0.717) is 16.7 Å². The summed E-state index contributed by atoms with van der Waals surface area (Å²) >= 11 is 2.21. The fourth-order valence-corrected chi connectivity index (χ4v) is 3.56. The zero-order chi connectivity index (χ0) is 17.4. The largest absolute Gasteiger partial charge is 0.452 e. The van der Waals surface area contributed by atoms with Crippen LogP contribution in [0.25, 0.3) is 21.9 Å². The molecule has 0 radical (unpaired) electrons. The van der Waals surface area contributed by atoms with Crippen LogP contribution >= 0.6 is 22.9 Å². The number of anilines is 2. The molecule has 5 heteroatoms. The SMILES string of the molecule is N#Cc1ccc(N(I)c2cccc3c2oc2c(C#N)cccc23)cc1. The summed E-state index contributed by atoms with van der Waals surface area (Å²) in [6.45, 7) is 0. The number of fused-ring (bicyclic) bond motifs is 3. The van der Waals surface area contributed by atoms with Crippen molar-refractivity contribution in [3.63, 3.8) is 0 Å². The van der Waals surface area contributed by atoms with Crippen LogP contribution < -0.4 is 3.11 Å². The molecule has 1 aromatic heterocycles. The molecule has 4 rings (SSSR count). The second-order valence-corrected chi connectivity index (χ2v) is 6.45. The molecule has 118 valence electrons. The Morgan fingerprint density at radius 3 is 2.16 bits per heavy atom. The molecule has 0 bridgehead atoms. The average Bonchev–Trinajstić information content (AvgIpc) is 3.06. The van der Waals surface area contributed by atoms with E-state index in [0.717, 1.165) is 27.7 Å². The molecule has 4 nitrogen and oxygen atoms in total. The normalized spacial score (nSPS) is 10.5. The molecule has 25 heavy (non-hydrogen) atoms. The van der Waals surface area contributed by atoms with Crippen molar-refractivity contribution in [1.29, 1.82) is 10.5 Å². The fourth-order valence-electron chi connectivity index (χ4n) is 2.85. The lowest BCUT2D eigenvalue weighted by atomic mass is 10.1. The Kier molecular flexibility index (Phi) is 3.79. The van der Waals surface area contributed by atoms with E-state index >= 15 is 0 Å². The van der Waals surface area contributed by atoms with Crippen molar-refractivity contribution in [3.8, 4) is 12.1 Å². The Labute approximate surface area is 158 Å². The Morgan fingerprint density at radius 2 is 1.48 bits per heavy atom.